The van der Waals surface area contributed by atoms with E-state index in [2.05, 4.69) is 0 Å². The lowest BCUT2D eigenvalue weighted by molar-refractivity contribution is 0.402. The van der Waals surface area contributed by atoms with Crippen LogP contribution in [0.2, 0.25) is 0 Å². The summed E-state index contributed by atoms with van der Waals surface area (Å²) in [5, 5.41) is 0. The molecular formula is C11H15ClO3S. The minimum absolute atomic E-state index is 0.0519. The molecule has 1 aromatic rings. The SMILES string of the molecule is COc1ccc(C)cc1S(=O)(=O)CCCCl. The summed E-state index contributed by atoms with van der Waals surface area (Å²) in [5.41, 5.74) is 0.894. The number of halogens is 1. The molecule has 0 fully saturated rings. The highest BCUT2D eigenvalue weighted by atomic mass is 35.5. The van der Waals surface area contributed by atoms with Crippen molar-refractivity contribution in [2.24, 2.45) is 0 Å². The number of alkyl halides is 1. The molecule has 3 nitrogen and oxygen atoms in total. The van der Waals surface area contributed by atoms with Crippen molar-refractivity contribution in [2.75, 3.05) is 18.7 Å². The van der Waals surface area contributed by atoms with Gasteiger partial charge in [0.05, 0.1) is 12.9 Å². The Bertz CT molecular complexity index is 454. The summed E-state index contributed by atoms with van der Waals surface area (Å²) in [6.45, 7) is 1.85. The van der Waals surface area contributed by atoms with Gasteiger partial charge in [0.2, 0.25) is 0 Å². The molecule has 0 heterocycles. The van der Waals surface area contributed by atoms with E-state index in [0.717, 1.165) is 5.56 Å². The zero-order chi connectivity index (χ0) is 12.2. The first-order chi connectivity index (χ1) is 7.51. The molecule has 5 heteroatoms. The van der Waals surface area contributed by atoms with E-state index in [1.165, 1.54) is 7.11 Å². The van der Waals surface area contributed by atoms with Gasteiger partial charge in [-0.15, -0.1) is 11.6 Å². The van der Waals surface area contributed by atoms with Crippen LogP contribution in [0.25, 0.3) is 0 Å². The molecule has 0 radical (unpaired) electrons. The first kappa shape index (κ1) is 13.3. The molecule has 0 aliphatic rings. The van der Waals surface area contributed by atoms with Gasteiger partial charge in [-0.3, -0.25) is 0 Å². The number of methoxy groups -OCH3 is 1. The van der Waals surface area contributed by atoms with Crippen molar-refractivity contribution in [3.05, 3.63) is 23.8 Å². The first-order valence-electron chi connectivity index (χ1n) is 4.94. The van der Waals surface area contributed by atoms with E-state index in [1.807, 2.05) is 13.0 Å². The van der Waals surface area contributed by atoms with Gasteiger partial charge in [0.25, 0.3) is 0 Å². The number of hydrogen-bond acceptors (Lipinski definition) is 3. The molecule has 0 saturated heterocycles. The van der Waals surface area contributed by atoms with Crippen LogP contribution in [0.5, 0.6) is 5.75 Å². The third-order valence-electron chi connectivity index (χ3n) is 2.20. The number of ether oxygens (including phenoxy) is 1. The fourth-order valence-corrected chi connectivity index (χ4v) is 3.24. The van der Waals surface area contributed by atoms with E-state index in [-0.39, 0.29) is 10.6 Å². The maximum Gasteiger partial charge on any atom is 0.182 e. The number of aryl methyl sites for hydroxylation is 1. The van der Waals surface area contributed by atoms with E-state index < -0.39 is 9.84 Å². The van der Waals surface area contributed by atoms with Gasteiger partial charge in [-0.05, 0) is 31.0 Å². The normalized spacial score (nSPS) is 11.4. The van der Waals surface area contributed by atoms with E-state index in [0.29, 0.717) is 18.1 Å². The van der Waals surface area contributed by atoms with Crippen LogP contribution in [0.1, 0.15) is 12.0 Å². The molecule has 0 bridgehead atoms. The van der Waals surface area contributed by atoms with Crippen LogP contribution in [0.3, 0.4) is 0 Å². The summed E-state index contributed by atoms with van der Waals surface area (Å²) >= 11 is 5.50. The van der Waals surface area contributed by atoms with E-state index in [1.54, 1.807) is 12.1 Å². The number of benzene rings is 1. The van der Waals surface area contributed by atoms with Gasteiger partial charge in [0, 0.05) is 5.88 Å². The molecule has 0 atom stereocenters. The lowest BCUT2D eigenvalue weighted by Crippen LogP contribution is -2.09. The molecule has 0 aliphatic carbocycles. The molecule has 1 rings (SSSR count). The Morgan fingerprint density at radius 1 is 1.38 bits per heavy atom. The summed E-state index contributed by atoms with van der Waals surface area (Å²) in [5.74, 6) is 0.782. The van der Waals surface area contributed by atoms with Gasteiger partial charge < -0.3 is 4.74 Å². The third kappa shape index (κ3) is 3.12. The van der Waals surface area contributed by atoms with Crippen molar-refractivity contribution in [2.45, 2.75) is 18.2 Å². The lowest BCUT2D eigenvalue weighted by Gasteiger charge is -2.09. The van der Waals surface area contributed by atoms with Crippen LogP contribution >= 0.6 is 11.6 Å². The average molecular weight is 263 g/mol. The maximum atomic E-state index is 12.0. The van der Waals surface area contributed by atoms with Crippen molar-refractivity contribution >= 4 is 21.4 Å². The standard InChI is InChI=1S/C11H15ClO3S/c1-9-4-5-10(15-2)11(8-9)16(13,14)7-3-6-12/h4-5,8H,3,6-7H2,1-2H3. The highest BCUT2D eigenvalue weighted by molar-refractivity contribution is 7.91. The fraction of sp³-hybridized carbons (Fsp3) is 0.455. The molecule has 0 spiro atoms. The van der Waals surface area contributed by atoms with Gasteiger partial charge in [0.1, 0.15) is 10.6 Å². The topological polar surface area (TPSA) is 43.4 Å². The Balaban J connectivity index is 3.15. The van der Waals surface area contributed by atoms with Gasteiger partial charge in [-0.25, -0.2) is 8.42 Å². The molecule has 0 N–H and O–H groups in total. The highest BCUT2D eigenvalue weighted by Crippen LogP contribution is 2.26. The molecule has 1 aromatic carbocycles. The Morgan fingerprint density at radius 3 is 2.62 bits per heavy atom. The minimum Gasteiger partial charge on any atom is -0.495 e. The predicted molar refractivity (Wildman–Crippen MR) is 65.1 cm³/mol. The number of sulfone groups is 1. The molecule has 0 aliphatic heterocycles. The number of rotatable bonds is 5. The number of hydrogen-bond donors (Lipinski definition) is 0. The Hall–Kier alpha value is -0.740. The quantitative estimate of drug-likeness (QED) is 0.766. The van der Waals surface area contributed by atoms with Crippen molar-refractivity contribution in [1.29, 1.82) is 0 Å². The van der Waals surface area contributed by atoms with Crippen LogP contribution in [0.4, 0.5) is 0 Å². The Labute approximate surface area is 101 Å². The van der Waals surface area contributed by atoms with Crippen LogP contribution in [-0.4, -0.2) is 27.2 Å². The third-order valence-corrected chi connectivity index (χ3v) is 4.28. The predicted octanol–water partition coefficient (Wildman–Crippen LogP) is 2.41. The van der Waals surface area contributed by atoms with Gasteiger partial charge >= 0.3 is 0 Å². The van der Waals surface area contributed by atoms with Crippen LogP contribution in [0.15, 0.2) is 23.1 Å². The summed E-state index contributed by atoms with van der Waals surface area (Å²) in [4.78, 5) is 0.250. The summed E-state index contributed by atoms with van der Waals surface area (Å²) in [6, 6.07) is 5.12. The second-order valence-corrected chi connectivity index (χ2v) is 5.97. The van der Waals surface area contributed by atoms with Gasteiger partial charge in [-0.1, -0.05) is 6.07 Å². The van der Waals surface area contributed by atoms with Crippen molar-refractivity contribution in [3.8, 4) is 5.75 Å². The molecule has 16 heavy (non-hydrogen) atoms. The van der Waals surface area contributed by atoms with E-state index >= 15 is 0 Å². The van der Waals surface area contributed by atoms with E-state index in [4.69, 9.17) is 16.3 Å². The molecule has 90 valence electrons. The smallest absolute Gasteiger partial charge is 0.182 e. The van der Waals surface area contributed by atoms with Crippen LogP contribution < -0.4 is 4.74 Å². The van der Waals surface area contributed by atoms with E-state index in [9.17, 15) is 8.42 Å². The average Bonchev–Trinajstić information content (AvgIpc) is 2.26. The van der Waals surface area contributed by atoms with Gasteiger partial charge in [-0.2, -0.15) is 0 Å². The Kier molecular flexibility index (Phi) is 4.62. The van der Waals surface area contributed by atoms with Crippen molar-refractivity contribution in [1.82, 2.24) is 0 Å². The maximum absolute atomic E-state index is 12.0. The largest absolute Gasteiger partial charge is 0.495 e. The highest BCUT2D eigenvalue weighted by Gasteiger charge is 2.19. The summed E-state index contributed by atoms with van der Waals surface area (Å²) in [6.07, 6.45) is 0.445. The fourth-order valence-electron chi connectivity index (χ4n) is 1.38. The molecule has 0 unspecified atom stereocenters. The van der Waals surface area contributed by atoms with Crippen molar-refractivity contribution in [3.63, 3.8) is 0 Å². The Morgan fingerprint density at radius 2 is 2.06 bits per heavy atom. The van der Waals surface area contributed by atoms with Crippen LogP contribution in [0, 0.1) is 6.92 Å². The zero-order valence-electron chi connectivity index (χ0n) is 9.36. The van der Waals surface area contributed by atoms with Gasteiger partial charge in [0.15, 0.2) is 9.84 Å². The first-order valence-corrected chi connectivity index (χ1v) is 7.13. The van der Waals surface area contributed by atoms with Crippen molar-refractivity contribution < 1.29 is 13.2 Å². The lowest BCUT2D eigenvalue weighted by atomic mass is 10.2. The summed E-state index contributed by atoms with van der Waals surface area (Å²) in [7, 11) is -1.83. The molecule has 0 saturated carbocycles. The second-order valence-electron chi connectivity index (χ2n) is 3.52. The minimum atomic E-state index is -3.30. The molecule has 0 amide bonds. The molecular weight excluding hydrogens is 248 g/mol. The zero-order valence-corrected chi connectivity index (χ0v) is 10.9. The monoisotopic (exact) mass is 262 g/mol. The summed E-state index contributed by atoms with van der Waals surface area (Å²) < 4.78 is 29.0. The second kappa shape index (κ2) is 5.55. The molecule has 0 aromatic heterocycles. The van der Waals surface area contributed by atoms with Crippen LogP contribution in [-0.2, 0) is 9.84 Å².